The molecule has 0 saturated heterocycles. The van der Waals surface area contributed by atoms with Crippen molar-refractivity contribution < 1.29 is 18.0 Å². The van der Waals surface area contributed by atoms with Crippen molar-refractivity contribution in [2.45, 2.75) is 4.90 Å². The van der Waals surface area contributed by atoms with Crippen LogP contribution in [-0.2, 0) is 10.0 Å². The minimum atomic E-state index is -3.65. The fourth-order valence-electron chi connectivity index (χ4n) is 2.19. The van der Waals surface area contributed by atoms with E-state index >= 15 is 0 Å². The predicted molar refractivity (Wildman–Crippen MR) is 108 cm³/mol. The van der Waals surface area contributed by atoms with Gasteiger partial charge in [0.15, 0.2) is 0 Å². The molecule has 2 N–H and O–H groups in total. The zero-order chi connectivity index (χ0) is 19.6. The molecule has 0 unspecified atom stereocenters. The van der Waals surface area contributed by atoms with Crippen LogP contribution in [0.25, 0.3) is 0 Å². The number of sulfonamides is 1. The maximum atomic E-state index is 12.9. The number of nitrogens with zero attached hydrogens (tertiary/aromatic N) is 2. The third-order valence-corrected chi connectivity index (χ3v) is 6.54. The van der Waals surface area contributed by atoms with E-state index in [1.165, 1.54) is 43.3 Å². The third kappa shape index (κ3) is 4.05. The Bertz CT molecular complexity index is 956. The summed E-state index contributed by atoms with van der Waals surface area (Å²) in [7, 11) is 0.790. The normalized spacial score (nSPS) is 11.4. The van der Waals surface area contributed by atoms with Gasteiger partial charge in [0, 0.05) is 36.0 Å². The third-order valence-electron chi connectivity index (χ3n) is 3.79. The molecule has 0 heterocycles. The number of anilines is 1. The van der Waals surface area contributed by atoms with Crippen molar-refractivity contribution in [2.24, 2.45) is 5.73 Å². The summed E-state index contributed by atoms with van der Waals surface area (Å²) in [5, 5.41) is 0. The number of carbonyl (C=O) groups excluding carboxylic acids is 2. The van der Waals surface area contributed by atoms with Crippen LogP contribution in [0.4, 0.5) is 5.69 Å². The Morgan fingerprint density at radius 2 is 1.58 bits per heavy atom. The first-order valence-electron chi connectivity index (χ1n) is 7.45. The van der Waals surface area contributed by atoms with Crippen LogP contribution < -0.4 is 10.6 Å². The highest BCUT2D eigenvalue weighted by molar-refractivity contribution is 14.1. The maximum Gasteiger partial charge on any atom is 0.259 e. The van der Waals surface area contributed by atoms with Gasteiger partial charge >= 0.3 is 0 Å². The molecule has 2 aromatic carbocycles. The van der Waals surface area contributed by atoms with E-state index in [2.05, 4.69) is 0 Å². The number of benzene rings is 2. The highest BCUT2D eigenvalue weighted by Gasteiger charge is 2.22. The minimum Gasteiger partial charge on any atom is -0.366 e. The van der Waals surface area contributed by atoms with Crippen molar-refractivity contribution >= 4 is 50.1 Å². The average Bonchev–Trinajstić information content (AvgIpc) is 2.60. The largest absolute Gasteiger partial charge is 0.366 e. The summed E-state index contributed by atoms with van der Waals surface area (Å²) in [5.74, 6) is -0.918. The molecule has 7 nitrogen and oxygen atoms in total. The Morgan fingerprint density at radius 1 is 1.00 bits per heavy atom. The molecule has 0 aliphatic rings. The Kier molecular flexibility index (Phi) is 6.04. The van der Waals surface area contributed by atoms with Gasteiger partial charge in [-0.25, -0.2) is 12.7 Å². The van der Waals surface area contributed by atoms with Gasteiger partial charge in [-0.2, -0.15) is 0 Å². The van der Waals surface area contributed by atoms with Crippen molar-refractivity contribution in [3.8, 4) is 0 Å². The first kappa shape index (κ1) is 20.3. The molecular formula is C17H18IN3O4S. The molecule has 0 aliphatic heterocycles. The highest BCUT2D eigenvalue weighted by atomic mass is 127. The van der Waals surface area contributed by atoms with Gasteiger partial charge in [-0.15, -0.1) is 0 Å². The van der Waals surface area contributed by atoms with E-state index in [1.807, 2.05) is 22.6 Å². The van der Waals surface area contributed by atoms with Crippen LogP contribution in [0, 0.1) is 3.57 Å². The summed E-state index contributed by atoms with van der Waals surface area (Å²) in [6.45, 7) is 0. The number of hydrogen-bond acceptors (Lipinski definition) is 4. The van der Waals surface area contributed by atoms with Crippen LogP contribution >= 0.6 is 22.6 Å². The number of rotatable bonds is 5. The van der Waals surface area contributed by atoms with E-state index in [-0.39, 0.29) is 16.4 Å². The van der Waals surface area contributed by atoms with Crippen LogP contribution in [0.3, 0.4) is 0 Å². The van der Waals surface area contributed by atoms with Crippen molar-refractivity contribution in [1.82, 2.24) is 4.31 Å². The van der Waals surface area contributed by atoms with Gasteiger partial charge in [0.25, 0.3) is 5.91 Å². The quantitative estimate of drug-likeness (QED) is 0.652. The molecule has 2 aromatic rings. The van der Waals surface area contributed by atoms with E-state index in [1.54, 1.807) is 25.2 Å². The van der Waals surface area contributed by atoms with Crippen molar-refractivity contribution in [3.63, 3.8) is 0 Å². The summed E-state index contributed by atoms with van der Waals surface area (Å²) in [6.07, 6.45) is 0. The number of nitrogens with two attached hydrogens (primary N) is 1. The Morgan fingerprint density at radius 3 is 2.08 bits per heavy atom. The first-order chi connectivity index (χ1) is 12.1. The molecule has 9 heteroatoms. The number of halogens is 1. The monoisotopic (exact) mass is 487 g/mol. The molecule has 0 fully saturated rings. The Labute approximate surface area is 166 Å². The zero-order valence-corrected chi connectivity index (χ0v) is 17.4. The van der Waals surface area contributed by atoms with Gasteiger partial charge in [-0.05, 0) is 65.1 Å². The number of hydrogen-bond donors (Lipinski definition) is 1. The summed E-state index contributed by atoms with van der Waals surface area (Å²) in [6, 6.07) is 10.7. The van der Waals surface area contributed by atoms with Crippen molar-refractivity contribution in [2.75, 3.05) is 26.0 Å². The molecular weight excluding hydrogens is 469 g/mol. The second-order valence-corrected chi connectivity index (χ2v) is 9.02. The van der Waals surface area contributed by atoms with Crippen LogP contribution in [0.15, 0.2) is 47.4 Å². The molecule has 0 aromatic heterocycles. The van der Waals surface area contributed by atoms with Gasteiger partial charge in [0.05, 0.1) is 10.5 Å². The van der Waals surface area contributed by atoms with Crippen LogP contribution in [0.1, 0.15) is 20.7 Å². The van der Waals surface area contributed by atoms with E-state index < -0.39 is 15.9 Å². The van der Waals surface area contributed by atoms with Crippen LogP contribution in [0.2, 0.25) is 0 Å². The van der Waals surface area contributed by atoms with Gasteiger partial charge in [-0.3, -0.25) is 9.59 Å². The van der Waals surface area contributed by atoms with Crippen LogP contribution in [0.5, 0.6) is 0 Å². The number of amides is 2. The molecule has 0 atom stereocenters. The number of primary amides is 1. The molecule has 0 radical (unpaired) electrons. The van der Waals surface area contributed by atoms with Gasteiger partial charge in [0.2, 0.25) is 15.9 Å². The molecule has 0 aliphatic carbocycles. The molecule has 0 saturated carbocycles. The summed E-state index contributed by atoms with van der Waals surface area (Å²) in [4.78, 5) is 25.4. The predicted octanol–water partition coefficient (Wildman–Crippen LogP) is 1.92. The van der Waals surface area contributed by atoms with E-state index in [0.29, 0.717) is 14.8 Å². The highest BCUT2D eigenvalue weighted by Crippen LogP contribution is 2.23. The second kappa shape index (κ2) is 7.72. The van der Waals surface area contributed by atoms with Gasteiger partial charge in [0.1, 0.15) is 0 Å². The summed E-state index contributed by atoms with van der Waals surface area (Å²) in [5.41, 5.74) is 6.37. The number of carbonyl (C=O) groups is 2. The zero-order valence-electron chi connectivity index (χ0n) is 14.4. The maximum absolute atomic E-state index is 12.9. The summed E-state index contributed by atoms with van der Waals surface area (Å²) >= 11 is 1.99. The van der Waals surface area contributed by atoms with Crippen LogP contribution in [-0.4, -0.2) is 45.7 Å². The standard InChI is InChI=1S/C17H18IN3O4S/c1-20(2)26(24,25)13-8-9-15(18)14(10-13)17(23)21(3)12-6-4-11(5-7-12)16(19)22/h4-10H,1-3H3,(H2,19,22). The Balaban J connectivity index is 2.41. The molecule has 138 valence electrons. The molecule has 2 amide bonds. The topological polar surface area (TPSA) is 101 Å². The molecule has 0 bridgehead atoms. The van der Waals surface area contributed by atoms with Crippen molar-refractivity contribution in [3.05, 3.63) is 57.2 Å². The van der Waals surface area contributed by atoms with E-state index in [0.717, 1.165) is 4.31 Å². The fraction of sp³-hybridized carbons (Fsp3) is 0.176. The lowest BCUT2D eigenvalue weighted by atomic mass is 10.1. The molecule has 2 rings (SSSR count). The lowest BCUT2D eigenvalue weighted by molar-refractivity contribution is 0.0988. The SMILES string of the molecule is CN(C(=O)c1cc(S(=O)(=O)N(C)C)ccc1I)c1ccc(C(N)=O)cc1. The van der Waals surface area contributed by atoms with E-state index in [4.69, 9.17) is 5.73 Å². The first-order valence-corrected chi connectivity index (χ1v) is 9.97. The molecule has 0 spiro atoms. The van der Waals surface area contributed by atoms with Crippen molar-refractivity contribution in [1.29, 1.82) is 0 Å². The second-order valence-electron chi connectivity index (χ2n) is 5.70. The average molecular weight is 487 g/mol. The lowest BCUT2D eigenvalue weighted by Gasteiger charge is -2.19. The van der Waals surface area contributed by atoms with Gasteiger partial charge in [-0.1, -0.05) is 0 Å². The minimum absolute atomic E-state index is 0.0451. The molecule has 26 heavy (non-hydrogen) atoms. The smallest absolute Gasteiger partial charge is 0.259 e. The van der Waals surface area contributed by atoms with Gasteiger partial charge < -0.3 is 10.6 Å². The Hall–Kier alpha value is -1.98. The summed E-state index contributed by atoms with van der Waals surface area (Å²) < 4.78 is 26.4. The lowest BCUT2D eigenvalue weighted by Crippen LogP contribution is -2.28. The van der Waals surface area contributed by atoms with E-state index in [9.17, 15) is 18.0 Å². The fourth-order valence-corrected chi connectivity index (χ4v) is 3.68.